The van der Waals surface area contributed by atoms with E-state index in [1.807, 2.05) is 77.7 Å². The number of piperidine rings is 3. The van der Waals surface area contributed by atoms with Crippen LogP contribution in [0.25, 0.3) is 22.1 Å². The van der Waals surface area contributed by atoms with E-state index in [4.69, 9.17) is 21.1 Å². The first-order chi connectivity index (χ1) is 49.5. The Kier molecular flexibility index (Phi) is 30.9. The molecule has 4 aliphatic carbocycles. The van der Waals surface area contributed by atoms with Crippen molar-refractivity contribution < 1.29 is 55.2 Å². The topological polar surface area (TPSA) is 184 Å². The van der Waals surface area contributed by atoms with Gasteiger partial charge in [0.15, 0.2) is 0 Å². The number of carbonyl (C=O) groups is 2. The summed E-state index contributed by atoms with van der Waals surface area (Å²) in [5.41, 5.74) is 3.52. The van der Waals surface area contributed by atoms with Crippen molar-refractivity contribution in [2.24, 2.45) is 0 Å². The molecule has 5 aromatic rings. The van der Waals surface area contributed by atoms with Gasteiger partial charge in [-0.15, -0.1) is 11.6 Å². The Bertz CT molecular complexity index is 3660. The monoisotopic (exact) mass is 1430 g/mol. The third-order valence-electron chi connectivity index (χ3n) is 24.3. The number of anilines is 1. The smallest absolute Gasteiger partial charge is 1.00 e. The van der Waals surface area contributed by atoms with Gasteiger partial charge in [0.05, 0.1) is 72.6 Å². The normalized spacial score (nSPS) is 24.1. The molecule has 4 saturated carbocycles. The predicted molar refractivity (Wildman–Crippen MR) is 406 cm³/mol. The maximum absolute atomic E-state index is 13.4. The van der Waals surface area contributed by atoms with E-state index in [2.05, 4.69) is 19.6 Å². The number of benzene rings is 3. The number of Topliss-reactive ketones (excluding diaryl/α,β-unsaturated/α-hetero) is 1. The molecule has 18 nitrogen and oxygen atoms in total. The fraction of sp³-hybridized carbons (Fsp3) is 0.707. The van der Waals surface area contributed by atoms with Gasteiger partial charge in [-0.3, -0.25) is 47.0 Å². The molecule has 11 aliphatic rings. The Balaban J connectivity index is 0.000000155. The molecular formula is C82H121ClN9NaO9. The van der Waals surface area contributed by atoms with Crippen LogP contribution in [0.1, 0.15) is 237 Å². The number of hydrogen-bond donors (Lipinski definition) is 1. The van der Waals surface area contributed by atoms with Crippen LogP contribution in [0.3, 0.4) is 0 Å². The first-order valence-electron chi connectivity index (χ1n) is 40.4. The number of alkyl halides is 1. The Morgan fingerprint density at radius 3 is 1.17 bits per heavy atom. The molecule has 10 fully saturated rings. The second-order valence-corrected chi connectivity index (χ2v) is 31.7. The number of para-hydroxylation sites is 5. The molecule has 3 atom stereocenters. The van der Waals surface area contributed by atoms with Crippen LogP contribution in [0.4, 0.5) is 5.69 Å². The molecule has 0 spiro atoms. The number of rotatable bonds is 13. The maximum atomic E-state index is 13.4. The van der Waals surface area contributed by atoms with Gasteiger partial charge in [0.25, 0.3) is 5.91 Å². The zero-order chi connectivity index (χ0) is 69.9. The van der Waals surface area contributed by atoms with E-state index < -0.39 is 22.8 Å². The molecule has 1 amide bonds. The van der Waals surface area contributed by atoms with Gasteiger partial charge in [-0.1, -0.05) is 171 Å². The number of amides is 1. The van der Waals surface area contributed by atoms with Crippen molar-refractivity contribution in [3.05, 3.63) is 120 Å². The van der Waals surface area contributed by atoms with Crippen molar-refractivity contribution in [1.82, 2.24) is 37.9 Å². The van der Waals surface area contributed by atoms with Gasteiger partial charge in [-0.05, 0) is 139 Å². The quantitative estimate of drug-likeness (QED) is 0.0509. The summed E-state index contributed by atoms with van der Waals surface area (Å²) >= 11 is 5.27. The number of aliphatic hydroxyl groups excluding tert-OH is 1. The molecule has 9 heterocycles. The minimum absolute atomic E-state index is 0. The summed E-state index contributed by atoms with van der Waals surface area (Å²) in [6.45, 7) is 10.8. The van der Waals surface area contributed by atoms with Gasteiger partial charge in [0, 0.05) is 94.2 Å². The van der Waals surface area contributed by atoms with E-state index >= 15 is 0 Å². The Morgan fingerprint density at radius 1 is 0.402 bits per heavy atom. The van der Waals surface area contributed by atoms with Gasteiger partial charge in [-0.25, -0.2) is 0 Å². The standard InChI is InChI=1S/C28H42N4O3.C24H33N3O3.C22H30N2O2.C5H10.C3H5ClO.Na.H/c33-24(20-29-16-8-9-17-29)21-31-25-12-6-7-13-26(25)32(28(35)27(31)34)23-14-18-30(19-15-23)22-10-4-2-1-3-5-11-22;28-23-24(29)27(22-11-7-6-10-21(22)26(23)16-20-17-30-20)19-12-14-25(15-13-19)18-8-4-2-1-3-5-9-18;25-21-16-17-8-6-7-11-20(17)24(22(21)26)19-12-14-23(15-13-19)18-9-4-2-1-3-5-10-18;1-2-4-5-3-1;4-1-3-2-5-3;;/h6-7,12-13,22-24,33H,1-5,8-11,14-21H2;6-7,10-11,18-20H,1-5,8-9,12-17H2;6-8,11,18-19H,1-5,9-10,12-16H2;1-5H2;3H,1-2H2;;/q;;;;;+1;-1. The minimum Gasteiger partial charge on any atom is -1.00 e. The molecule has 0 radical (unpaired) electrons. The van der Waals surface area contributed by atoms with Crippen molar-refractivity contribution in [2.75, 3.05) is 82.9 Å². The number of halogens is 1. The summed E-state index contributed by atoms with van der Waals surface area (Å²) in [6, 6.07) is 25.9. The van der Waals surface area contributed by atoms with Crippen molar-refractivity contribution >= 4 is 51.0 Å². The number of epoxide rings is 2. The van der Waals surface area contributed by atoms with E-state index in [-0.39, 0.29) is 85.4 Å². The number of aromatic nitrogens is 4. The molecule has 3 unspecified atom stereocenters. The summed E-state index contributed by atoms with van der Waals surface area (Å²) in [7, 11) is 0. The molecule has 0 bridgehead atoms. The fourth-order valence-electron chi connectivity index (χ4n) is 18.4. The maximum Gasteiger partial charge on any atom is 1.00 e. The summed E-state index contributed by atoms with van der Waals surface area (Å²) in [6.07, 6.45) is 43.8. The largest absolute Gasteiger partial charge is 1.00 e. The van der Waals surface area contributed by atoms with Crippen molar-refractivity contribution in [2.45, 2.75) is 292 Å². The van der Waals surface area contributed by atoms with Crippen LogP contribution in [0.2, 0.25) is 0 Å². The summed E-state index contributed by atoms with van der Waals surface area (Å²) in [5, 5.41) is 10.7. The third-order valence-corrected chi connectivity index (χ3v) is 24.6. The van der Waals surface area contributed by atoms with Crippen LogP contribution in [-0.2, 0) is 38.6 Å². The number of hydrogen-bond acceptors (Lipinski definition) is 13. The van der Waals surface area contributed by atoms with Gasteiger partial charge < -0.3 is 40.5 Å². The van der Waals surface area contributed by atoms with Crippen LogP contribution in [0, 0.1) is 0 Å². The van der Waals surface area contributed by atoms with E-state index in [9.17, 15) is 33.9 Å². The SMILES string of the molecule is C1CCCC1.ClCC1CO1.O=C1Cc2ccccc2N(C2CCN(C3CCCCCCC3)CC2)C1=O.O=c1c(=O)n(C2CCN(C3CCCCCCC3)CC2)c2ccccc2n1CC(O)CN1CCCC1.O=c1c(=O)n(C2CCN(C3CCCCCCC3)CC2)c2ccccc2n1CC1CO1.[H-].[Na+]. The molecule has 556 valence electrons. The van der Waals surface area contributed by atoms with Gasteiger partial charge >= 0.3 is 51.8 Å². The Morgan fingerprint density at radius 2 is 0.765 bits per heavy atom. The fourth-order valence-corrected chi connectivity index (χ4v) is 18.6. The number of ether oxygens (including phenoxy) is 2. The second kappa shape index (κ2) is 40.0. The van der Waals surface area contributed by atoms with E-state index in [1.165, 1.54) is 172 Å². The molecule has 102 heavy (non-hydrogen) atoms. The number of β-amino-alcohol motifs (C(OH)–C–C–N with tert-alkyl or cyclic N) is 1. The summed E-state index contributed by atoms with van der Waals surface area (Å²) in [4.78, 5) is 89.6. The number of nitrogens with zero attached hydrogens (tertiary/aromatic N) is 9. The molecule has 7 aliphatic heterocycles. The Labute approximate surface area is 634 Å². The molecule has 1 N–H and O–H groups in total. The van der Waals surface area contributed by atoms with Crippen LogP contribution < -0.4 is 56.7 Å². The molecule has 6 saturated heterocycles. The number of likely N-dealkylation sites (tertiary alicyclic amines) is 4. The van der Waals surface area contributed by atoms with Crippen LogP contribution >= 0.6 is 11.6 Å². The van der Waals surface area contributed by atoms with Crippen LogP contribution in [0.5, 0.6) is 0 Å². The van der Waals surface area contributed by atoms with Gasteiger partial charge in [0.2, 0.25) is 5.78 Å². The number of carbonyl (C=O) groups excluding carboxylic acids is 2. The molecule has 20 heteroatoms. The molecule has 2 aromatic heterocycles. The number of ketones is 1. The van der Waals surface area contributed by atoms with E-state index in [0.717, 1.165) is 150 Å². The average molecular weight is 1440 g/mol. The zero-order valence-corrected chi connectivity index (χ0v) is 64.6. The van der Waals surface area contributed by atoms with Crippen molar-refractivity contribution in [3.8, 4) is 0 Å². The second-order valence-electron chi connectivity index (χ2n) is 31.4. The summed E-state index contributed by atoms with van der Waals surface area (Å²) in [5.74, 6) is 0.110. The average Bonchev–Trinajstić information content (AvgIpc) is 1.69. The molecule has 3 aromatic carbocycles. The van der Waals surface area contributed by atoms with Gasteiger partial charge in [-0.2, -0.15) is 0 Å². The number of aliphatic hydroxyl groups is 1. The first kappa shape index (κ1) is 78.8. The molecule has 16 rings (SSSR count). The van der Waals surface area contributed by atoms with Crippen LogP contribution in [0.15, 0.2) is 92.0 Å². The van der Waals surface area contributed by atoms with Crippen molar-refractivity contribution in [1.29, 1.82) is 0 Å². The zero-order valence-electron chi connectivity index (χ0n) is 62.9. The predicted octanol–water partition coefficient (Wildman–Crippen LogP) is 10.1. The van der Waals surface area contributed by atoms with Crippen molar-refractivity contribution in [3.63, 3.8) is 0 Å². The van der Waals surface area contributed by atoms with E-state index in [1.54, 1.807) is 13.7 Å². The minimum atomic E-state index is -0.670. The first-order valence-corrected chi connectivity index (χ1v) is 40.9. The van der Waals surface area contributed by atoms with E-state index in [0.29, 0.717) is 43.8 Å². The summed E-state index contributed by atoms with van der Waals surface area (Å²) < 4.78 is 16.8. The van der Waals surface area contributed by atoms with Gasteiger partial charge in [0.1, 0.15) is 0 Å². The Hall–Kier alpha value is -4.31. The van der Waals surface area contributed by atoms with Crippen LogP contribution in [-0.4, -0.2) is 175 Å². The third kappa shape index (κ3) is 21.3. The number of fused-ring (bicyclic) bond motifs is 3. The molecular weight excluding hydrogens is 1310 g/mol.